The van der Waals surface area contributed by atoms with Crippen LogP contribution in [0.2, 0.25) is 0 Å². The summed E-state index contributed by atoms with van der Waals surface area (Å²) in [5.41, 5.74) is 8.19. The van der Waals surface area contributed by atoms with Crippen LogP contribution in [-0.4, -0.2) is 12.3 Å². The van der Waals surface area contributed by atoms with Crippen molar-refractivity contribution < 1.29 is 4.79 Å². The number of hydrogen-bond acceptors (Lipinski definition) is 2. The first-order valence-corrected chi connectivity index (χ1v) is 6.09. The molecule has 0 aliphatic carbocycles. The maximum Gasteiger partial charge on any atom is 0.176 e. The molecule has 0 spiro atoms. The fourth-order valence-electron chi connectivity index (χ4n) is 1.61. The molecule has 2 nitrogen and oxygen atoms in total. The van der Waals surface area contributed by atoms with Crippen LogP contribution in [0.25, 0.3) is 11.1 Å². The monoisotopic (exact) mass is 289 g/mol. The van der Waals surface area contributed by atoms with Gasteiger partial charge in [-0.2, -0.15) is 0 Å². The number of carbonyl (C=O) groups excluding carboxylic acids is 1. The van der Waals surface area contributed by atoms with Crippen LogP contribution in [0.1, 0.15) is 10.4 Å². The van der Waals surface area contributed by atoms with Gasteiger partial charge in [0.05, 0.1) is 6.54 Å². The SMILES string of the molecule is NCC(=O)c1ccc(-c2ccc(Br)cc2)cc1. The van der Waals surface area contributed by atoms with Crippen LogP contribution in [0.3, 0.4) is 0 Å². The van der Waals surface area contributed by atoms with Gasteiger partial charge in [-0.05, 0) is 23.3 Å². The Labute approximate surface area is 109 Å². The molecule has 0 aliphatic rings. The van der Waals surface area contributed by atoms with E-state index in [1.54, 1.807) is 0 Å². The first-order valence-electron chi connectivity index (χ1n) is 5.30. The van der Waals surface area contributed by atoms with E-state index in [2.05, 4.69) is 15.9 Å². The highest BCUT2D eigenvalue weighted by molar-refractivity contribution is 9.10. The van der Waals surface area contributed by atoms with Gasteiger partial charge in [-0.15, -0.1) is 0 Å². The van der Waals surface area contributed by atoms with Crippen molar-refractivity contribution in [3.05, 3.63) is 58.6 Å². The first-order chi connectivity index (χ1) is 8.20. The summed E-state index contributed by atoms with van der Waals surface area (Å²) < 4.78 is 1.05. The lowest BCUT2D eigenvalue weighted by atomic mass is 10.0. The molecule has 0 fully saturated rings. The number of carbonyl (C=O) groups is 1. The van der Waals surface area contributed by atoms with Crippen molar-refractivity contribution in [1.82, 2.24) is 0 Å². The molecule has 17 heavy (non-hydrogen) atoms. The van der Waals surface area contributed by atoms with Gasteiger partial charge in [-0.1, -0.05) is 52.3 Å². The molecule has 0 bridgehead atoms. The van der Waals surface area contributed by atoms with Gasteiger partial charge in [0.25, 0.3) is 0 Å². The van der Waals surface area contributed by atoms with E-state index >= 15 is 0 Å². The second kappa shape index (κ2) is 5.25. The third kappa shape index (κ3) is 2.81. The molecule has 0 aromatic heterocycles. The second-order valence-corrected chi connectivity index (χ2v) is 4.63. The molecule has 0 heterocycles. The molecule has 2 N–H and O–H groups in total. The molecule has 0 saturated heterocycles. The van der Waals surface area contributed by atoms with Crippen LogP contribution in [0.5, 0.6) is 0 Å². The normalized spacial score (nSPS) is 10.2. The van der Waals surface area contributed by atoms with E-state index in [1.807, 2.05) is 48.5 Å². The lowest BCUT2D eigenvalue weighted by Crippen LogP contribution is -2.13. The van der Waals surface area contributed by atoms with Crippen LogP contribution in [0.15, 0.2) is 53.0 Å². The Morgan fingerprint density at radius 2 is 1.41 bits per heavy atom. The van der Waals surface area contributed by atoms with Crippen molar-refractivity contribution in [3.8, 4) is 11.1 Å². The number of hydrogen-bond donors (Lipinski definition) is 1. The first kappa shape index (κ1) is 12.0. The lowest BCUT2D eigenvalue weighted by Gasteiger charge is -2.03. The zero-order valence-electron chi connectivity index (χ0n) is 9.19. The molecule has 2 aromatic carbocycles. The van der Waals surface area contributed by atoms with Crippen LogP contribution < -0.4 is 5.73 Å². The van der Waals surface area contributed by atoms with Gasteiger partial charge in [-0.3, -0.25) is 4.79 Å². The lowest BCUT2D eigenvalue weighted by molar-refractivity contribution is 0.100. The minimum Gasteiger partial charge on any atom is -0.324 e. The predicted molar refractivity (Wildman–Crippen MR) is 73.0 cm³/mol. The summed E-state index contributed by atoms with van der Waals surface area (Å²) in [6.45, 7) is 0.0532. The molecule has 0 amide bonds. The van der Waals surface area contributed by atoms with E-state index in [0.29, 0.717) is 5.56 Å². The number of Topliss-reactive ketones (excluding diaryl/α,β-unsaturated/α-hetero) is 1. The van der Waals surface area contributed by atoms with Crippen molar-refractivity contribution in [1.29, 1.82) is 0 Å². The summed E-state index contributed by atoms with van der Waals surface area (Å²) in [4.78, 5) is 11.4. The fraction of sp³-hybridized carbons (Fsp3) is 0.0714. The Kier molecular flexibility index (Phi) is 3.71. The maximum atomic E-state index is 11.4. The van der Waals surface area contributed by atoms with Crippen molar-refractivity contribution in [2.24, 2.45) is 5.73 Å². The average Bonchev–Trinajstić information content (AvgIpc) is 2.39. The molecule has 2 rings (SSSR count). The Balaban J connectivity index is 2.29. The van der Waals surface area contributed by atoms with Crippen molar-refractivity contribution in [3.63, 3.8) is 0 Å². The van der Waals surface area contributed by atoms with Crippen LogP contribution in [0, 0.1) is 0 Å². The minimum absolute atomic E-state index is 0.0349. The van der Waals surface area contributed by atoms with Gasteiger partial charge in [-0.25, -0.2) is 0 Å². The number of benzene rings is 2. The third-order valence-electron chi connectivity index (χ3n) is 2.57. The molecule has 0 radical (unpaired) electrons. The number of rotatable bonds is 3. The molecule has 2 aromatic rings. The fourth-order valence-corrected chi connectivity index (χ4v) is 1.87. The van der Waals surface area contributed by atoms with E-state index < -0.39 is 0 Å². The second-order valence-electron chi connectivity index (χ2n) is 3.71. The number of nitrogens with two attached hydrogens (primary N) is 1. The van der Waals surface area contributed by atoms with Crippen molar-refractivity contribution >= 4 is 21.7 Å². The van der Waals surface area contributed by atoms with Gasteiger partial charge >= 0.3 is 0 Å². The summed E-state index contributed by atoms with van der Waals surface area (Å²) in [6.07, 6.45) is 0. The van der Waals surface area contributed by atoms with E-state index in [1.165, 1.54) is 0 Å². The van der Waals surface area contributed by atoms with Gasteiger partial charge < -0.3 is 5.73 Å². The van der Waals surface area contributed by atoms with E-state index in [4.69, 9.17) is 5.73 Å². The van der Waals surface area contributed by atoms with E-state index in [0.717, 1.165) is 15.6 Å². The topological polar surface area (TPSA) is 43.1 Å². The number of halogens is 1. The minimum atomic E-state index is -0.0349. The summed E-state index contributed by atoms with van der Waals surface area (Å²) in [7, 11) is 0. The highest BCUT2D eigenvalue weighted by atomic mass is 79.9. The summed E-state index contributed by atoms with van der Waals surface area (Å²) in [6, 6.07) is 15.5. The van der Waals surface area contributed by atoms with Gasteiger partial charge in [0.15, 0.2) is 5.78 Å². The Hall–Kier alpha value is -1.45. The third-order valence-corrected chi connectivity index (χ3v) is 3.10. The average molecular weight is 290 g/mol. The Morgan fingerprint density at radius 3 is 1.88 bits per heavy atom. The molecule has 86 valence electrons. The molecular weight excluding hydrogens is 278 g/mol. The molecule has 0 aliphatic heterocycles. The van der Waals surface area contributed by atoms with Crippen LogP contribution in [-0.2, 0) is 0 Å². The molecule has 0 unspecified atom stereocenters. The standard InChI is InChI=1S/C14H12BrNO/c15-13-7-5-11(6-8-13)10-1-3-12(4-2-10)14(17)9-16/h1-8H,9,16H2. The Morgan fingerprint density at radius 1 is 0.941 bits per heavy atom. The highest BCUT2D eigenvalue weighted by Crippen LogP contribution is 2.22. The zero-order chi connectivity index (χ0) is 12.3. The van der Waals surface area contributed by atoms with Gasteiger partial charge in [0.2, 0.25) is 0 Å². The summed E-state index contributed by atoms with van der Waals surface area (Å²) in [5, 5.41) is 0. The van der Waals surface area contributed by atoms with Crippen molar-refractivity contribution in [2.45, 2.75) is 0 Å². The van der Waals surface area contributed by atoms with E-state index in [-0.39, 0.29) is 12.3 Å². The molecule has 0 saturated carbocycles. The van der Waals surface area contributed by atoms with Gasteiger partial charge in [0.1, 0.15) is 0 Å². The summed E-state index contributed by atoms with van der Waals surface area (Å²) >= 11 is 3.40. The largest absolute Gasteiger partial charge is 0.324 e. The summed E-state index contributed by atoms with van der Waals surface area (Å²) in [5.74, 6) is -0.0349. The maximum absolute atomic E-state index is 11.4. The molecule has 0 atom stereocenters. The van der Waals surface area contributed by atoms with Gasteiger partial charge in [0, 0.05) is 10.0 Å². The van der Waals surface area contributed by atoms with Crippen LogP contribution in [0.4, 0.5) is 0 Å². The Bertz CT molecular complexity index is 517. The number of ketones is 1. The van der Waals surface area contributed by atoms with Crippen molar-refractivity contribution in [2.75, 3.05) is 6.54 Å². The smallest absolute Gasteiger partial charge is 0.176 e. The zero-order valence-corrected chi connectivity index (χ0v) is 10.8. The molecular formula is C14H12BrNO. The van der Waals surface area contributed by atoms with Crippen LogP contribution >= 0.6 is 15.9 Å². The quantitative estimate of drug-likeness (QED) is 0.882. The van der Waals surface area contributed by atoms with E-state index in [9.17, 15) is 4.79 Å². The predicted octanol–water partition coefficient (Wildman–Crippen LogP) is 3.26. The molecule has 3 heteroatoms. The highest BCUT2D eigenvalue weighted by Gasteiger charge is 2.03.